The highest BCUT2D eigenvalue weighted by molar-refractivity contribution is 6.33. The molecular weight excluding hydrogens is 380 g/mol. The molecule has 2 aromatic carbocycles. The van der Waals surface area contributed by atoms with Gasteiger partial charge in [0.25, 0.3) is 5.89 Å². The minimum Gasteiger partial charge on any atom is -0.485 e. The summed E-state index contributed by atoms with van der Waals surface area (Å²) < 4.78 is 16.3. The molecule has 142 valence electrons. The van der Waals surface area contributed by atoms with Crippen LogP contribution in [0.1, 0.15) is 24.7 Å². The predicted molar refractivity (Wildman–Crippen MR) is 106 cm³/mol. The normalized spacial score (nSPS) is 11.1. The second-order valence-corrected chi connectivity index (χ2v) is 6.69. The number of aryl methyl sites for hydroxylation is 1. The van der Waals surface area contributed by atoms with Gasteiger partial charge in [0.1, 0.15) is 11.3 Å². The van der Waals surface area contributed by atoms with E-state index in [4.69, 9.17) is 25.3 Å². The summed E-state index contributed by atoms with van der Waals surface area (Å²) in [4.78, 5) is 16.1. The molecule has 0 unspecified atom stereocenters. The van der Waals surface area contributed by atoms with Gasteiger partial charge in [0.05, 0.1) is 10.6 Å². The SMILES string of the molecule is CCCc1cc(=O)oc2cc(OCc3noc(-c4ccccc4Cl)n3)ccc12. The van der Waals surface area contributed by atoms with Gasteiger partial charge in [-0.15, -0.1) is 0 Å². The maximum atomic E-state index is 11.8. The van der Waals surface area contributed by atoms with E-state index >= 15 is 0 Å². The molecule has 0 amide bonds. The van der Waals surface area contributed by atoms with E-state index in [1.807, 2.05) is 24.3 Å². The molecule has 0 radical (unpaired) electrons. The van der Waals surface area contributed by atoms with Crippen LogP contribution in [0.25, 0.3) is 22.4 Å². The molecule has 7 heteroatoms. The Hall–Kier alpha value is -3.12. The number of fused-ring (bicyclic) bond motifs is 1. The van der Waals surface area contributed by atoms with Gasteiger partial charge in [0, 0.05) is 17.5 Å². The van der Waals surface area contributed by atoms with Crippen LogP contribution in [0.4, 0.5) is 0 Å². The van der Waals surface area contributed by atoms with Crippen LogP contribution in [0.15, 0.2) is 62.3 Å². The first-order valence-electron chi connectivity index (χ1n) is 8.91. The third kappa shape index (κ3) is 3.77. The number of rotatable bonds is 6. The Balaban J connectivity index is 1.53. The smallest absolute Gasteiger partial charge is 0.336 e. The van der Waals surface area contributed by atoms with E-state index in [0.717, 1.165) is 23.8 Å². The van der Waals surface area contributed by atoms with E-state index in [1.165, 1.54) is 0 Å². The third-order valence-electron chi connectivity index (χ3n) is 4.26. The first-order chi connectivity index (χ1) is 13.6. The zero-order valence-corrected chi connectivity index (χ0v) is 15.9. The molecule has 0 atom stereocenters. The fourth-order valence-electron chi connectivity index (χ4n) is 2.98. The van der Waals surface area contributed by atoms with E-state index in [-0.39, 0.29) is 12.2 Å². The minimum atomic E-state index is -0.365. The lowest BCUT2D eigenvalue weighted by Crippen LogP contribution is -2.01. The number of nitrogens with zero attached hydrogens (tertiary/aromatic N) is 2. The van der Waals surface area contributed by atoms with Crippen molar-refractivity contribution in [1.29, 1.82) is 0 Å². The largest absolute Gasteiger partial charge is 0.485 e. The first kappa shape index (κ1) is 18.3. The lowest BCUT2D eigenvalue weighted by atomic mass is 10.1. The molecule has 4 aromatic rings. The van der Waals surface area contributed by atoms with Crippen molar-refractivity contribution in [3.8, 4) is 17.2 Å². The Morgan fingerprint density at radius 1 is 1.14 bits per heavy atom. The summed E-state index contributed by atoms with van der Waals surface area (Å²) in [5.74, 6) is 1.27. The number of hydrogen-bond donors (Lipinski definition) is 0. The number of aromatic nitrogens is 2. The average Bonchev–Trinajstić information content (AvgIpc) is 3.15. The molecule has 0 spiro atoms. The third-order valence-corrected chi connectivity index (χ3v) is 4.59. The maximum Gasteiger partial charge on any atom is 0.336 e. The maximum absolute atomic E-state index is 11.8. The van der Waals surface area contributed by atoms with Crippen molar-refractivity contribution < 1.29 is 13.7 Å². The monoisotopic (exact) mass is 396 g/mol. The highest BCUT2D eigenvalue weighted by Crippen LogP contribution is 2.27. The molecule has 2 heterocycles. The molecule has 28 heavy (non-hydrogen) atoms. The average molecular weight is 397 g/mol. The summed E-state index contributed by atoms with van der Waals surface area (Å²) >= 11 is 6.15. The van der Waals surface area contributed by atoms with Crippen molar-refractivity contribution in [2.75, 3.05) is 0 Å². The fourth-order valence-corrected chi connectivity index (χ4v) is 3.20. The molecule has 0 fully saturated rings. The minimum absolute atomic E-state index is 0.109. The van der Waals surface area contributed by atoms with E-state index < -0.39 is 0 Å². The molecule has 0 saturated carbocycles. The summed E-state index contributed by atoms with van der Waals surface area (Å²) in [5, 5.41) is 5.37. The van der Waals surface area contributed by atoms with Gasteiger partial charge in [-0.05, 0) is 36.2 Å². The van der Waals surface area contributed by atoms with Gasteiger partial charge in [-0.1, -0.05) is 42.2 Å². The summed E-state index contributed by atoms with van der Waals surface area (Å²) in [6.07, 6.45) is 1.76. The predicted octanol–water partition coefficient (Wildman–Crippen LogP) is 5.03. The van der Waals surface area contributed by atoms with Crippen LogP contribution in [0.5, 0.6) is 5.75 Å². The van der Waals surface area contributed by atoms with Crippen LogP contribution in [0.3, 0.4) is 0 Å². The molecule has 0 saturated heterocycles. The Bertz CT molecular complexity index is 1180. The van der Waals surface area contributed by atoms with Crippen LogP contribution in [-0.4, -0.2) is 10.1 Å². The topological polar surface area (TPSA) is 78.4 Å². The molecule has 0 bridgehead atoms. The van der Waals surface area contributed by atoms with Gasteiger partial charge in [0.2, 0.25) is 5.82 Å². The number of ether oxygens (including phenoxy) is 1. The quantitative estimate of drug-likeness (QED) is 0.425. The second-order valence-electron chi connectivity index (χ2n) is 6.28. The lowest BCUT2D eigenvalue weighted by molar-refractivity contribution is 0.287. The van der Waals surface area contributed by atoms with Crippen LogP contribution in [0.2, 0.25) is 5.02 Å². The molecular formula is C21H17ClN2O4. The zero-order valence-electron chi connectivity index (χ0n) is 15.1. The van der Waals surface area contributed by atoms with Gasteiger partial charge < -0.3 is 13.7 Å². The van der Waals surface area contributed by atoms with Crippen molar-refractivity contribution in [2.24, 2.45) is 0 Å². The van der Waals surface area contributed by atoms with Gasteiger partial charge in [0.15, 0.2) is 6.61 Å². The summed E-state index contributed by atoms with van der Waals surface area (Å²) in [7, 11) is 0. The van der Waals surface area contributed by atoms with Crippen molar-refractivity contribution in [3.63, 3.8) is 0 Å². The Morgan fingerprint density at radius 2 is 2.00 bits per heavy atom. The summed E-state index contributed by atoms with van der Waals surface area (Å²) in [5.41, 5.74) is 1.77. The van der Waals surface area contributed by atoms with Crippen LogP contribution in [-0.2, 0) is 13.0 Å². The fraction of sp³-hybridized carbons (Fsp3) is 0.190. The van der Waals surface area contributed by atoms with Crippen LogP contribution >= 0.6 is 11.6 Å². The standard InChI is InChI=1S/C21H17ClN2O4/c1-2-5-13-10-20(25)27-18-11-14(8-9-15(13)18)26-12-19-23-21(28-24-19)16-6-3-4-7-17(16)22/h3-4,6-11H,2,5,12H2,1H3. The molecule has 0 aliphatic rings. The number of hydrogen-bond acceptors (Lipinski definition) is 6. The molecule has 6 nitrogen and oxygen atoms in total. The molecule has 0 N–H and O–H groups in total. The number of benzene rings is 2. The van der Waals surface area contributed by atoms with E-state index in [9.17, 15) is 4.79 Å². The lowest BCUT2D eigenvalue weighted by Gasteiger charge is -2.07. The number of halogens is 1. The van der Waals surface area contributed by atoms with Gasteiger partial charge in [-0.2, -0.15) is 4.98 Å². The van der Waals surface area contributed by atoms with Crippen molar-refractivity contribution in [3.05, 3.63) is 75.4 Å². The molecule has 0 aliphatic carbocycles. The van der Waals surface area contributed by atoms with Crippen LogP contribution < -0.4 is 10.4 Å². The highest BCUT2D eigenvalue weighted by Gasteiger charge is 2.13. The van der Waals surface area contributed by atoms with Gasteiger partial charge in [-0.3, -0.25) is 0 Å². The van der Waals surface area contributed by atoms with E-state index in [1.54, 1.807) is 24.3 Å². The Morgan fingerprint density at radius 3 is 2.82 bits per heavy atom. The molecule has 2 aromatic heterocycles. The van der Waals surface area contributed by atoms with Gasteiger partial charge in [-0.25, -0.2) is 4.79 Å². The highest BCUT2D eigenvalue weighted by atomic mass is 35.5. The molecule has 0 aliphatic heterocycles. The first-order valence-corrected chi connectivity index (χ1v) is 9.29. The Kier molecular flexibility index (Phi) is 5.12. The van der Waals surface area contributed by atoms with Gasteiger partial charge >= 0.3 is 5.63 Å². The van der Waals surface area contributed by atoms with Crippen molar-refractivity contribution >= 4 is 22.6 Å². The van der Waals surface area contributed by atoms with E-state index in [2.05, 4.69) is 17.1 Å². The Labute approximate surface area is 165 Å². The summed E-state index contributed by atoms with van der Waals surface area (Å²) in [6.45, 7) is 2.18. The summed E-state index contributed by atoms with van der Waals surface area (Å²) in [6, 6.07) is 14.2. The van der Waals surface area contributed by atoms with Crippen molar-refractivity contribution in [2.45, 2.75) is 26.4 Å². The molecule has 4 rings (SSSR count). The second kappa shape index (κ2) is 7.86. The zero-order chi connectivity index (χ0) is 19.5. The van der Waals surface area contributed by atoms with Crippen LogP contribution in [0, 0.1) is 0 Å². The van der Waals surface area contributed by atoms with E-state index in [0.29, 0.717) is 33.6 Å². The van der Waals surface area contributed by atoms with Crippen molar-refractivity contribution in [1.82, 2.24) is 10.1 Å².